The first-order valence-electron chi connectivity index (χ1n) is 9.49. The van der Waals surface area contributed by atoms with Crippen LogP contribution in [0.25, 0.3) is 0 Å². The lowest BCUT2D eigenvalue weighted by molar-refractivity contribution is -0.155. The highest BCUT2D eigenvalue weighted by Gasteiger charge is 2.55. The van der Waals surface area contributed by atoms with Crippen molar-refractivity contribution in [3.05, 3.63) is 23.5 Å². The molecule has 0 bridgehead atoms. The number of hydrogen-bond donors (Lipinski definition) is 2. The van der Waals surface area contributed by atoms with E-state index >= 15 is 0 Å². The fourth-order valence-corrected chi connectivity index (χ4v) is 3.94. The molecule has 3 atom stereocenters. The van der Waals surface area contributed by atoms with Gasteiger partial charge in [-0.3, -0.25) is 19.3 Å². The average molecular weight is 423 g/mol. The zero-order valence-corrected chi connectivity index (χ0v) is 17.0. The number of imide groups is 1. The number of esters is 1. The van der Waals surface area contributed by atoms with Crippen molar-refractivity contribution in [3.63, 3.8) is 0 Å². The molecule has 1 aromatic heterocycles. The summed E-state index contributed by atoms with van der Waals surface area (Å²) in [6, 6.07) is 2.54. The summed E-state index contributed by atoms with van der Waals surface area (Å²) in [4.78, 5) is 54.4. The maximum Gasteiger partial charge on any atom is 0.327 e. The van der Waals surface area contributed by atoms with Gasteiger partial charge in [0.15, 0.2) is 11.3 Å². The van der Waals surface area contributed by atoms with E-state index in [1.54, 1.807) is 12.1 Å². The normalized spacial score (nSPS) is 24.9. The third-order valence-corrected chi connectivity index (χ3v) is 5.78. The van der Waals surface area contributed by atoms with Crippen molar-refractivity contribution >= 4 is 41.1 Å². The largest absolute Gasteiger partial charge is 0.451 e. The molecule has 2 fully saturated rings. The number of anilines is 1. The van der Waals surface area contributed by atoms with Crippen LogP contribution in [0.5, 0.6) is 0 Å². The quantitative estimate of drug-likeness (QED) is 0.426. The summed E-state index contributed by atoms with van der Waals surface area (Å²) in [5.74, 6) is -1.88. The summed E-state index contributed by atoms with van der Waals surface area (Å²) < 4.78 is 5.10. The van der Waals surface area contributed by atoms with Gasteiger partial charge in [-0.25, -0.2) is 9.78 Å². The Balaban J connectivity index is 1.58. The van der Waals surface area contributed by atoms with Gasteiger partial charge in [-0.2, -0.15) is 0 Å². The third-order valence-electron chi connectivity index (χ3n) is 5.48. The zero-order chi connectivity index (χ0) is 21.2. The summed E-state index contributed by atoms with van der Waals surface area (Å²) in [7, 11) is 0. The number of rotatable bonds is 5. The number of hydrogen-bond acceptors (Lipinski definition) is 6. The molecule has 29 heavy (non-hydrogen) atoms. The number of aromatic nitrogens is 1. The van der Waals surface area contributed by atoms with Crippen LogP contribution in [0.2, 0.25) is 5.15 Å². The van der Waals surface area contributed by atoms with Crippen molar-refractivity contribution in [1.82, 2.24) is 15.2 Å². The van der Waals surface area contributed by atoms with Crippen LogP contribution in [-0.2, 0) is 19.1 Å². The maximum atomic E-state index is 12.9. The van der Waals surface area contributed by atoms with Crippen LogP contribution in [0.15, 0.2) is 18.3 Å². The Hall–Kier alpha value is -2.68. The highest BCUT2D eigenvalue weighted by atomic mass is 35.5. The highest BCUT2D eigenvalue weighted by Crippen LogP contribution is 2.38. The minimum absolute atomic E-state index is 0.0114. The Morgan fingerprint density at radius 2 is 2.21 bits per heavy atom. The predicted octanol–water partition coefficient (Wildman–Crippen LogP) is 2.11. The van der Waals surface area contributed by atoms with Crippen LogP contribution in [-0.4, -0.2) is 51.9 Å². The average Bonchev–Trinajstić information content (AvgIpc) is 2.91. The molecule has 1 spiro atoms. The Morgan fingerprint density at radius 1 is 1.45 bits per heavy atom. The first-order chi connectivity index (χ1) is 13.7. The fraction of sp³-hybridized carbons (Fsp3) is 0.526. The van der Waals surface area contributed by atoms with E-state index in [-0.39, 0.29) is 16.8 Å². The molecule has 1 aromatic rings. The fourth-order valence-electron chi connectivity index (χ4n) is 3.77. The molecule has 2 N–H and O–H groups in total. The number of halogens is 1. The minimum atomic E-state index is -1.15. The predicted molar refractivity (Wildman–Crippen MR) is 104 cm³/mol. The second kappa shape index (κ2) is 8.36. The van der Waals surface area contributed by atoms with E-state index in [9.17, 15) is 19.2 Å². The molecule has 0 unspecified atom stereocenters. The van der Waals surface area contributed by atoms with Crippen molar-refractivity contribution in [3.8, 4) is 0 Å². The molecule has 3 rings (SSSR count). The van der Waals surface area contributed by atoms with E-state index in [0.29, 0.717) is 6.42 Å². The first kappa shape index (κ1) is 21.0. The van der Waals surface area contributed by atoms with Crippen LogP contribution in [0.1, 0.15) is 39.5 Å². The van der Waals surface area contributed by atoms with Gasteiger partial charge in [-0.15, -0.1) is 0 Å². The third kappa shape index (κ3) is 4.19. The van der Waals surface area contributed by atoms with Gasteiger partial charge in [0.05, 0.1) is 5.69 Å². The number of nitrogens with one attached hydrogen (secondary N) is 2. The van der Waals surface area contributed by atoms with Gasteiger partial charge in [0, 0.05) is 6.20 Å². The zero-order valence-electron chi connectivity index (χ0n) is 16.2. The summed E-state index contributed by atoms with van der Waals surface area (Å²) in [5.41, 5.74) is -0.667. The number of ether oxygens (including phenoxy) is 1. The number of urea groups is 1. The van der Waals surface area contributed by atoms with Gasteiger partial charge in [-0.05, 0) is 37.8 Å². The molecule has 0 aromatic carbocycles. The van der Waals surface area contributed by atoms with E-state index < -0.39 is 42.0 Å². The Kier molecular flexibility index (Phi) is 6.07. The summed E-state index contributed by atoms with van der Waals surface area (Å²) in [6.45, 7) is 2.76. The van der Waals surface area contributed by atoms with Crippen LogP contribution in [0, 0.1) is 5.92 Å². The SMILES string of the molecule is C[C@H](OC(=O)CN1C(=O)N[C@@]2(CCCC[C@@H]2C)C1=O)C(=O)Nc1cccnc1Cl. The van der Waals surface area contributed by atoms with E-state index in [4.69, 9.17) is 16.3 Å². The van der Waals surface area contributed by atoms with Crippen LogP contribution in [0.3, 0.4) is 0 Å². The van der Waals surface area contributed by atoms with Crippen LogP contribution < -0.4 is 10.6 Å². The number of pyridine rings is 1. The number of carbonyl (C=O) groups is 4. The lowest BCUT2D eigenvalue weighted by Crippen LogP contribution is -2.54. The summed E-state index contributed by atoms with van der Waals surface area (Å²) in [6.07, 6.45) is 3.54. The molecule has 1 saturated carbocycles. The summed E-state index contributed by atoms with van der Waals surface area (Å²) >= 11 is 5.88. The molecule has 2 heterocycles. The second-order valence-electron chi connectivity index (χ2n) is 7.40. The van der Waals surface area contributed by atoms with Gasteiger partial charge < -0.3 is 15.4 Å². The monoisotopic (exact) mass is 422 g/mol. The molecule has 1 aliphatic carbocycles. The van der Waals surface area contributed by atoms with Gasteiger partial charge in [0.1, 0.15) is 12.1 Å². The molecule has 4 amide bonds. The van der Waals surface area contributed by atoms with Crippen molar-refractivity contribution in [2.45, 2.75) is 51.2 Å². The van der Waals surface area contributed by atoms with Gasteiger partial charge >= 0.3 is 12.0 Å². The smallest absolute Gasteiger partial charge is 0.327 e. The summed E-state index contributed by atoms with van der Waals surface area (Å²) in [5, 5.41) is 5.38. The molecular formula is C19H23ClN4O5. The van der Waals surface area contributed by atoms with Gasteiger partial charge in [0.25, 0.3) is 11.8 Å². The molecule has 10 heteroatoms. The molecule has 1 aliphatic heterocycles. The topological polar surface area (TPSA) is 118 Å². The molecule has 9 nitrogen and oxygen atoms in total. The molecule has 1 saturated heterocycles. The van der Waals surface area contributed by atoms with E-state index in [0.717, 1.165) is 24.2 Å². The van der Waals surface area contributed by atoms with E-state index in [2.05, 4.69) is 15.6 Å². The number of carbonyl (C=O) groups excluding carboxylic acids is 4. The number of nitrogens with zero attached hydrogens (tertiary/aromatic N) is 2. The Bertz CT molecular complexity index is 848. The Morgan fingerprint density at radius 3 is 2.90 bits per heavy atom. The van der Waals surface area contributed by atoms with Crippen molar-refractivity contribution in [2.24, 2.45) is 5.92 Å². The van der Waals surface area contributed by atoms with Crippen molar-refractivity contribution < 1.29 is 23.9 Å². The van der Waals surface area contributed by atoms with Crippen LogP contribution in [0.4, 0.5) is 10.5 Å². The molecular weight excluding hydrogens is 400 g/mol. The lowest BCUT2D eigenvalue weighted by Gasteiger charge is -2.36. The maximum absolute atomic E-state index is 12.9. The van der Waals surface area contributed by atoms with Crippen LogP contribution >= 0.6 is 11.6 Å². The molecule has 0 radical (unpaired) electrons. The van der Waals surface area contributed by atoms with Gasteiger partial charge in [-0.1, -0.05) is 31.4 Å². The second-order valence-corrected chi connectivity index (χ2v) is 7.76. The van der Waals surface area contributed by atoms with E-state index in [1.807, 2.05) is 6.92 Å². The minimum Gasteiger partial charge on any atom is -0.451 e. The van der Waals surface area contributed by atoms with E-state index in [1.165, 1.54) is 13.1 Å². The molecule has 156 valence electrons. The molecule has 2 aliphatic rings. The van der Waals surface area contributed by atoms with Crippen molar-refractivity contribution in [1.29, 1.82) is 0 Å². The van der Waals surface area contributed by atoms with Gasteiger partial charge in [0.2, 0.25) is 0 Å². The standard InChI is InChI=1S/C19H23ClN4O5/c1-11-6-3-4-8-19(11)17(27)24(18(28)23-19)10-14(25)29-12(2)16(26)22-13-7-5-9-21-15(13)20/h5,7,9,11-12H,3-4,6,8,10H2,1-2H3,(H,22,26)(H,23,28)/t11-,12-,19+/m0/s1. The first-order valence-corrected chi connectivity index (χ1v) is 9.87. The lowest BCUT2D eigenvalue weighted by atomic mass is 9.73. The Labute approximate surface area is 173 Å². The number of amides is 4. The highest BCUT2D eigenvalue weighted by molar-refractivity contribution is 6.32. The van der Waals surface area contributed by atoms with Crippen molar-refractivity contribution in [2.75, 3.05) is 11.9 Å².